The number of thioether (sulfide) groups is 1. The number of nitrogens with zero attached hydrogens (tertiary/aromatic N) is 2. The van der Waals surface area contributed by atoms with Crippen LogP contribution in [0.2, 0.25) is 0 Å². The zero-order chi connectivity index (χ0) is 19.2. The molecule has 0 amide bonds. The highest BCUT2D eigenvalue weighted by Gasteiger charge is 2.04. The molecule has 0 atom stereocenters. The average molecular weight is 388 g/mol. The number of nitrogens with two attached hydrogens (primary N) is 1. The van der Waals surface area contributed by atoms with Gasteiger partial charge in [-0.05, 0) is 31.4 Å². The molecule has 0 aliphatic rings. The Kier molecular flexibility index (Phi) is 11.1. The van der Waals surface area contributed by atoms with E-state index in [9.17, 15) is 0 Å². The van der Waals surface area contributed by atoms with Crippen molar-refractivity contribution < 1.29 is 0 Å². The SMILES string of the molecule is CN.CS/C(=N\NC=NCCc1ccccc1)c1ccc(C=N)c(S)c1. The Morgan fingerprint density at radius 3 is 2.58 bits per heavy atom. The van der Waals surface area contributed by atoms with Crippen LogP contribution in [0.1, 0.15) is 16.7 Å². The van der Waals surface area contributed by atoms with Gasteiger partial charge in [-0.1, -0.05) is 42.5 Å². The highest BCUT2D eigenvalue weighted by atomic mass is 32.2. The molecule has 0 spiro atoms. The summed E-state index contributed by atoms with van der Waals surface area (Å²) < 4.78 is 0. The second-order valence-corrected chi connectivity index (χ2v) is 6.22. The van der Waals surface area contributed by atoms with E-state index in [1.54, 1.807) is 18.1 Å². The predicted octanol–water partition coefficient (Wildman–Crippen LogP) is 3.43. The predicted molar refractivity (Wildman–Crippen MR) is 118 cm³/mol. The maximum Gasteiger partial charge on any atom is 0.123 e. The Bertz CT molecular complexity index is 730. The lowest BCUT2D eigenvalue weighted by Gasteiger charge is -2.06. The van der Waals surface area contributed by atoms with Gasteiger partial charge in [0.1, 0.15) is 11.4 Å². The zero-order valence-electron chi connectivity index (χ0n) is 15.0. The second-order valence-electron chi connectivity index (χ2n) is 4.94. The molecule has 0 saturated heterocycles. The molecular formula is C19H25N5S2. The Morgan fingerprint density at radius 1 is 1.23 bits per heavy atom. The van der Waals surface area contributed by atoms with Crippen LogP contribution in [-0.2, 0) is 6.42 Å². The number of hydrogen-bond acceptors (Lipinski definition) is 6. The van der Waals surface area contributed by atoms with E-state index in [4.69, 9.17) is 5.41 Å². The summed E-state index contributed by atoms with van der Waals surface area (Å²) in [5.74, 6) is 0. The third-order valence-corrected chi connectivity index (χ3v) is 4.41. The zero-order valence-corrected chi connectivity index (χ0v) is 16.7. The molecule has 5 nitrogen and oxygen atoms in total. The molecule has 2 rings (SSSR count). The first-order valence-corrected chi connectivity index (χ1v) is 9.73. The van der Waals surface area contributed by atoms with Crippen molar-refractivity contribution >= 4 is 42.0 Å². The van der Waals surface area contributed by atoms with Gasteiger partial charge in [0, 0.05) is 28.8 Å². The molecule has 2 aromatic carbocycles. The summed E-state index contributed by atoms with van der Waals surface area (Å²) in [4.78, 5) is 5.08. The van der Waals surface area contributed by atoms with Crippen molar-refractivity contribution in [2.75, 3.05) is 19.8 Å². The summed E-state index contributed by atoms with van der Waals surface area (Å²) >= 11 is 5.93. The summed E-state index contributed by atoms with van der Waals surface area (Å²) in [6, 6.07) is 16.0. The topological polar surface area (TPSA) is 86.6 Å². The third kappa shape index (κ3) is 7.43. The van der Waals surface area contributed by atoms with Gasteiger partial charge in [-0.15, -0.1) is 24.4 Å². The van der Waals surface area contributed by atoms with Crippen LogP contribution in [0.3, 0.4) is 0 Å². The van der Waals surface area contributed by atoms with Crippen LogP contribution in [0.25, 0.3) is 0 Å². The normalized spacial score (nSPS) is 11.0. The largest absolute Gasteiger partial charge is 0.333 e. The van der Waals surface area contributed by atoms with Crippen molar-refractivity contribution in [2.24, 2.45) is 15.8 Å². The quantitative estimate of drug-likeness (QED) is 0.254. The van der Waals surface area contributed by atoms with Crippen molar-refractivity contribution in [1.82, 2.24) is 5.43 Å². The number of nitrogens with one attached hydrogen (secondary N) is 2. The van der Waals surface area contributed by atoms with Gasteiger partial charge >= 0.3 is 0 Å². The number of aliphatic imine (C=N–C) groups is 1. The molecule has 26 heavy (non-hydrogen) atoms. The molecule has 0 saturated carbocycles. The van der Waals surface area contributed by atoms with Crippen molar-refractivity contribution in [3.8, 4) is 0 Å². The fourth-order valence-corrected chi connectivity index (χ4v) is 2.84. The number of benzene rings is 2. The molecular weight excluding hydrogens is 362 g/mol. The van der Waals surface area contributed by atoms with Crippen molar-refractivity contribution in [2.45, 2.75) is 11.3 Å². The Hall–Kier alpha value is -2.09. The highest BCUT2D eigenvalue weighted by Crippen LogP contribution is 2.18. The maximum atomic E-state index is 7.31. The van der Waals surface area contributed by atoms with E-state index in [-0.39, 0.29) is 0 Å². The van der Waals surface area contributed by atoms with Crippen LogP contribution in [0, 0.1) is 5.41 Å². The molecule has 0 fully saturated rings. The number of hydrazone groups is 1. The van der Waals surface area contributed by atoms with Gasteiger partial charge in [-0.2, -0.15) is 5.10 Å². The van der Waals surface area contributed by atoms with E-state index >= 15 is 0 Å². The first-order valence-electron chi connectivity index (χ1n) is 8.05. The summed E-state index contributed by atoms with van der Waals surface area (Å²) in [5.41, 5.74) is 10.4. The van der Waals surface area contributed by atoms with Crippen LogP contribution >= 0.6 is 24.4 Å². The van der Waals surface area contributed by atoms with Crippen LogP contribution < -0.4 is 11.2 Å². The first-order chi connectivity index (χ1) is 12.7. The molecule has 0 bridgehead atoms. The fraction of sp³-hybridized carbons (Fsp3) is 0.211. The molecule has 0 radical (unpaired) electrons. The summed E-state index contributed by atoms with van der Waals surface area (Å²) in [6.07, 6.45) is 5.79. The Morgan fingerprint density at radius 2 is 1.96 bits per heavy atom. The lowest BCUT2D eigenvalue weighted by molar-refractivity contribution is 0.950. The van der Waals surface area contributed by atoms with Gasteiger partial charge in [0.2, 0.25) is 0 Å². The Balaban J connectivity index is 0.00000163. The molecule has 0 aliphatic heterocycles. The van der Waals surface area contributed by atoms with E-state index in [0.717, 1.165) is 34.0 Å². The summed E-state index contributed by atoms with van der Waals surface area (Å²) in [7, 11) is 1.50. The second kappa shape index (κ2) is 13.2. The van der Waals surface area contributed by atoms with Crippen molar-refractivity contribution in [1.29, 1.82) is 5.41 Å². The first kappa shape index (κ1) is 22.0. The van der Waals surface area contributed by atoms with Gasteiger partial charge in [0.25, 0.3) is 0 Å². The number of rotatable bonds is 7. The van der Waals surface area contributed by atoms with Gasteiger partial charge in [-0.3, -0.25) is 10.4 Å². The molecule has 2 aromatic rings. The van der Waals surface area contributed by atoms with E-state index < -0.39 is 0 Å². The van der Waals surface area contributed by atoms with E-state index in [1.807, 2.05) is 42.7 Å². The molecule has 0 aliphatic carbocycles. The lowest BCUT2D eigenvalue weighted by Crippen LogP contribution is -2.08. The summed E-state index contributed by atoms with van der Waals surface area (Å²) in [6.45, 7) is 0.718. The van der Waals surface area contributed by atoms with E-state index in [0.29, 0.717) is 0 Å². The molecule has 0 aromatic heterocycles. The van der Waals surface area contributed by atoms with Crippen LogP contribution in [0.4, 0.5) is 0 Å². The van der Waals surface area contributed by atoms with Crippen molar-refractivity contribution in [3.05, 3.63) is 65.2 Å². The minimum absolute atomic E-state index is 0.718. The van der Waals surface area contributed by atoms with E-state index in [2.05, 4.69) is 46.0 Å². The monoisotopic (exact) mass is 387 g/mol. The smallest absolute Gasteiger partial charge is 0.123 e. The van der Waals surface area contributed by atoms with Crippen molar-refractivity contribution in [3.63, 3.8) is 0 Å². The van der Waals surface area contributed by atoms with Gasteiger partial charge < -0.3 is 11.1 Å². The number of hydrogen-bond donors (Lipinski definition) is 4. The molecule has 0 heterocycles. The lowest BCUT2D eigenvalue weighted by atomic mass is 10.1. The van der Waals surface area contributed by atoms with Crippen LogP contribution in [0.15, 0.2) is 63.5 Å². The van der Waals surface area contributed by atoms with Gasteiger partial charge in [-0.25, -0.2) is 0 Å². The highest BCUT2D eigenvalue weighted by molar-refractivity contribution is 8.13. The third-order valence-electron chi connectivity index (χ3n) is 3.31. The van der Waals surface area contributed by atoms with Gasteiger partial charge in [0.05, 0.1) is 0 Å². The molecule has 4 N–H and O–H groups in total. The van der Waals surface area contributed by atoms with Crippen LogP contribution in [-0.4, -0.2) is 37.4 Å². The fourth-order valence-electron chi connectivity index (χ4n) is 2.06. The van der Waals surface area contributed by atoms with E-state index in [1.165, 1.54) is 18.8 Å². The maximum absolute atomic E-state index is 7.31. The minimum atomic E-state index is 0.718. The molecule has 7 heteroatoms. The standard InChI is InChI=1S/C18H20N4S2.CH5N/c1-24-18(15-7-8-16(12-19)17(23)11-15)22-21-13-20-10-9-14-5-3-2-4-6-14;1-2/h2-8,11-13,19,23H,9-10H2,1H3,(H,20,21);2H2,1H3/b19-12?,22-18-;. The average Bonchev–Trinajstić information content (AvgIpc) is 2.70. The molecule has 0 unspecified atom stereocenters. The summed E-state index contributed by atoms with van der Waals surface area (Å²) in [5, 5.41) is 12.5. The Labute approximate surface area is 165 Å². The van der Waals surface area contributed by atoms with Gasteiger partial charge in [0.15, 0.2) is 0 Å². The molecule has 138 valence electrons. The number of thiol groups is 1. The minimum Gasteiger partial charge on any atom is -0.333 e. The van der Waals surface area contributed by atoms with Crippen LogP contribution in [0.5, 0.6) is 0 Å².